The van der Waals surface area contributed by atoms with Gasteiger partial charge in [0.15, 0.2) is 7.14 Å². The molecule has 0 N–H and O–H groups in total. The Kier molecular flexibility index (Phi) is 3.99. The lowest BCUT2D eigenvalue weighted by molar-refractivity contribution is -0.597. The fraction of sp³-hybridized carbons (Fsp3) is 0.200. The number of halogens is 1. The van der Waals surface area contributed by atoms with Crippen molar-refractivity contribution in [1.29, 1.82) is 0 Å². The van der Waals surface area contributed by atoms with Gasteiger partial charge < -0.3 is 0 Å². The smallest absolute Gasteiger partial charge is 0.0619 e. The molecule has 0 aliphatic heterocycles. The normalized spacial score (nSPS) is 10.7. The van der Waals surface area contributed by atoms with Crippen molar-refractivity contribution in [3.63, 3.8) is 0 Å². The van der Waals surface area contributed by atoms with Gasteiger partial charge in [-0.15, -0.1) is 0 Å². The summed E-state index contributed by atoms with van der Waals surface area (Å²) in [5.41, 5.74) is 1.43. The van der Waals surface area contributed by atoms with E-state index in [1.54, 1.807) is 0 Å². The van der Waals surface area contributed by atoms with E-state index in [1.165, 1.54) is 12.7 Å². The van der Waals surface area contributed by atoms with Crippen LogP contribution < -0.4 is 21.2 Å². The van der Waals surface area contributed by atoms with Crippen molar-refractivity contribution in [3.05, 3.63) is 67.3 Å². The molecule has 0 aliphatic rings. The molecule has 0 unspecified atom stereocenters. The SMILES string of the molecule is CC(C)c1ccc([I+]c2ccccc2)cc1. The van der Waals surface area contributed by atoms with Crippen LogP contribution in [-0.4, -0.2) is 0 Å². The summed E-state index contributed by atoms with van der Waals surface area (Å²) >= 11 is -0.00394. The van der Waals surface area contributed by atoms with Crippen molar-refractivity contribution in [1.82, 2.24) is 0 Å². The fourth-order valence-corrected chi connectivity index (χ4v) is 3.73. The number of rotatable bonds is 3. The Morgan fingerprint density at radius 3 is 1.88 bits per heavy atom. The summed E-state index contributed by atoms with van der Waals surface area (Å²) in [5, 5.41) is 0. The zero-order valence-electron chi connectivity index (χ0n) is 9.65. The first kappa shape index (κ1) is 11.6. The molecule has 2 aromatic rings. The molecule has 0 radical (unpaired) electrons. The molecule has 2 aromatic carbocycles. The summed E-state index contributed by atoms with van der Waals surface area (Å²) in [6.45, 7) is 4.47. The van der Waals surface area contributed by atoms with Gasteiger partial charge in [0.05, 0.1) is 0 Å². The molecule has 2 rings (SSSR count). The average Bonchev–Trinajstić information content (AvgIpc) is 2.31. The van der Waals surface area contributed by atoms with Crippen LogP contribution in [0.1, 0.15) is 25.3 Å². The maximum Gasteiger partial charge on any atom is 0.357 e. The Balaban J connectivity index is 2.11. The van der Waals surface area contributed by atoms with Gasteiger partial charge in [-0.2, -0.15) is 0 Å². The van der Waals surface area contributed by atoms with Crippen molar-refractivity contribution in [2.75, 3.05) is 0 Å². The van der Waals surface area contributed by atoms with Crippen molar-refractivity contribution < 1.29 is 21.2 Å². The highest BCUT2D eigenvalue weighted by Crippen LogP contribution is 2.11. The van der Waals surface area contributed by atoms with E-state index in [9.17, 15) is 0 Å². The highest BCUT2D eigenvalue weighted by Gasteiger charge is 2.14. The van der Waals surface area contributed by atoms with Crippen molar-refractivity contribution in [2.24, 2.45) is 0 Å². The molecule has 0 spiro atoms. The van der Waals surface area contributed by atoms with Crippen molar-refractivity contribution >= 4 is 0 Å². The Morgan fingerprint density at radius 1 is 0.750 bits per heavy atom. The molecule has 0 fully saturated rings. The van der Waals surface area contributed by atoms with E-state index < -0.39 is 0 Å². The van der Waals surface area contributed by atoms with Crippen LogP contribution in [0.4, 0.5) is 0 Å². The third-order valence-corrected chi connectivity index (χ3v) is 5.17. The van der Waals surface area contributed by atoms with Crippen molar-refractivity contribution in [3.8, 4) is 0 Å². The number of hydrogen-bond donors (Lipinski definition) is 0. The molecule has 16 heavy (non-hydrogen) atoms. The predicted octanol–water partition coefficient (Wildman–Crippen LogP) is 0.938. The van der Waals surface area contributed by atoms with Crippen LogP contribution in [0.15, 0.2) is 54.6 Å². The lowest BCUT2D eigenvalue weighted by Gasteiger charge is -2.02. The molecule has 0 saturated heterocycles. The zero-order valence-corrected chi connectivity index (χ0v) is 11.8. The second kappa shape index (κ2) is 5.48. The molecule has 0 saturated carbocycles. The molecule has 0 amide bonds. The second-order valence-electron chi connectivity index (χ2n) is 4.10. The van der Waals surface area contributed by atoms with Crippen LogP contribution >= 0.6 is 0 Å². The van der Waals surface area contributed by atoms with Crippen LogP contribution in [0.3, 0.4) is 0 Å². The van der Waals surface area contributed by atoms with Gasteiger partial charge >= 0.3 is 21.2 Å². The van der Waals surface area contributed by atoms with E-state index >= 15 is 0 Å². The third-order valence-electron chi connectivity index (χ3n) is 2.49. The lowest BCUT2D eigenvalue weighted by atomic mass is 10.0. The number of benzene rings is 2. The summed E-state index contributed by atoms with van der Waals surface area (Å²) in [6.07, 6.45) is 0. The molecule has 0 aromatic heterocycles. The maximum absolute atomic E-state index is 2.29. The Labute approximate surface area is 108 Å². The third kappa shape index (κ3) is 3.08. The highest BCUT2D eigenvalue weighted by molar-refractivity contribution is 5.17. The van der Waals surface area contributed by atoms with E-state index in [-0.39, 0.29) is 21.2 Å². The standard InChI is InChI=1S/C15H16I/c1-12(2)13-8-10-15(11-9-13)16-14-6-4-3-5-7-14/h3-12H,1-2H3/q+1. The summed E-state index contributed by atoms with van der Waals surface area (Å²) in [5.74, 6) is 0.629. The average molecular weight is 323 g/mol. The molecule has 0 nitrogen and oxygen atoms in total. The predicted molar refractivity (Wildman–Crippen MR) is 64.4 cm³/mol. The molecular formula is C15H16I+. The van der Waals surface area contributed by atoms with Gasteiger partial charge in [-0.05, 0) is 35.7 Å². The van der Waals surface area contributed by atoms with E-state index in [2.05, 4.69) is 68.4 Å². The molecule has 0 bridgehead atoms. The maximum atomic E-state index is 2.29. The molecule has 1 heteroatoms. The lowest BCUT2D eigenvalue weighted by Crippen LogP contribution is -3.61. The highest BCUT2D eigenvalue weighted by atomic mass is 127. The van der Waals surface area contributed by atoms with Gasteiger partial charge in [-0.3, -0.25) is 0 Å². The van der Waals surface area contributed by atoms with Gasteiger partial charge in [0.1, 0.15) is 0 Å². The molecule has 0 aliphatic carbocycles. The van der Waals surface area contributed by atoms with Gasteiger partial charge in [-0.1, -0.05) is 44.2 Å². The van der Waals surface area contributed by atoms with Crippen molar-refractivity contribution in [2.45, 2.75) is 19.8 Å². The van der Waals surface area contributed by atoms with E-state index in [0.29, 0.717) is 5.92 Å². The van der Waals surface area contributed by atoms with E-state index in [0.717, 1.165) is 0 Å². The largest absolute Gasteiger partial charge is 0.357 e. The second-order valence-corrected chi connectivity index (χ2v) is 7.13. The zero-order chi connectivity index (χ0) is 11.4. The first-order chi connectivity index (χ1) is 7.75. The Bertz CT molecular complexity index is 429. The summed E-state index contributed by atoms with van der Waals surface area (Å²) in [6, 6.07) is 19.9. The molecule has 82 valence electrons. The number of hydrogen-bond acceptors (Lipinski definition) is 0. The van der Waals surface area contributed by atoms with Gasteiger partial charge in [-0.25, -0.2) is 0 Å². The summed E-state index contributed by atoms with van der Waals surface area (Å²) in [7, 11) is 0. The van der Waals surface area contributed by atoms with Crippen LogP contribution in [0, 0.1) is 7.14 Å². The summed E-state index contributed by atoms with van der Waals surface area (Å²) < 4.78 is 2.98. The molecular weight excluding hydrogens is 307 g/mol. The monoisotopic (exact) mass is 323 g/mol. The Hall–Kier alpha value is -0.830. The van der Waals surface area contributed by atoms with E-state index in [4.69, 9.17) is 0 Å². The fourth-order valence-electron chi connectivity index (χ4n) is 1.51. The quantitative estimate of drug-likeness (QED) is 0.738. The van der Waals surface area contributed by atoms with Crippen LogP contribution in [-0.2, 0) is 0 Å². The Morgan fingerprint density at radius 2 is 1.31 bits per heavy atom. The first-order valence-electron chi connectivity index (χ1n) is 5.55. The topological polar surface area (TPSA) is 0 Å². The minimum Gasteiger partial charge on any atom is -0.0619 e. The van der Waals surface area contributed by atoms with Crippen LogP contribution in [0.25, 0.3) is 0 Å². The van der Waals surface area contributed by atoms with E-state index in [1.807, 2.05) is 0 Å². The van der Waals surface area contributed by atoms with Crippen LogP contribution in [0.5, 0.6) is 0 Å². The van der Waals surface area contributed by atoms with Gasteiger partial charge in [0.2, 0.25) is 0 Å². The molecule has 0 heterocycles. The van der Waals surface area contributed by atoms with Gasteiger partial charge in [0.25, 0.3) is 0 Å². The summed E-state index contributed by atoms with van der Waals surface area (Å²) in [4.78, 5) is 0. The van der Waals surface area contributed by atoms with Gasteiger partial charge in [0, 0.05) is 0 Å². The first-order valence-corrected chi connectivity index (χ1v) is 7.71. The minimum absolute atomic E-state index is 0.00394. The minimum atomic E-state index is -0.00394. The van der Waals surface area contributed by atoms with Crippen LogP contribution in [0.2, 0.25) is 0 Å². The molecule has 0 atom stereocenters.